The van der Waals surface area contributed by atoms with E-state index in [1.165, 1.54) is 7.05 Å². The van der Waals surface area contributed by atoms with Gasteiger partial charge in [0, 0.05) is 25.3 Å². The fraction of sp³-hybridized carbons (Fsp3) is 0.286. The van der Waals surface area contributed by atoms with E-state index in [0.717, 1.165) is 11.8 Å². The molecule has 21 heavy (non-hydrogen) atoms. The highest BCUT2D eigenvalue weighted by atomic mass is 19.4. The lowest BCUT2D eigenvalue weighted by molar-refractivity contribution is -0.141. The van der Waals surface area contributed by atoms with Crippen molar-refractivity contribution in [3.63, 3.8) is 0 Å². The summed E-state index contributed by atoms with van der Waals surface area (Å²) in [5.74, 6) is 0.143. The van der Waals surface area contributed by atoms with E-state index in [1.807, 2.05) is 37.3 Å². The van der Waals surface area contributed by atoms with Gasteiger partial charge in [-0.2, -0.15) is 18.2 Å². The average Bonchev–Trinajstić information content (AvgIpc) is 2.48. The van der Waals surface area contributed by atoms with Crippen LogP contribution in [0.4, 0.5) is 30.6 Å². The van der Waals surface area contributed by atoms with Gasteiger partial charge in [0.2, 0.25) is 5.95 Å². The Kier molecular flexibility index (Phi) is 4.30. The van der Waals surface area contributed by atoms with Crippen LogP contribution in [0.15, 0.2) is 36.4 Å². The molecular weight excluding hydrogens is 281 g/mol. The molecule has 0 fully saturated rings. The van der Waals surface area contributed by atoms with Gasteiger partial charge in [-0.1, -0.05) is 18.2 Å². The van der Waals surface area contributed by atoms with Crippen molar-refractivity contribution < 1.29 is 13.2 Å². The third kappa shape index (κ3) is 3.42. The van der Waals surface area contributed by atoms with Crippen molar-refractivity contribution in [2.75, 3.05) is 23.8 Å². The Balaban J connectivity index is 2.51. The van der Waals surface area contributed by atoms with Gasteiger partial charge in [0.1, 0.15) is 5.82 Å². The molecule has 1 aromatic carbocycles. The summed E-state index contributed by atoms with van der Waals surface area (Å²) in [7, 11) is 1.48. The minimum atomic E-state index is -4.51. The highest BCUT2D eigenvalue weighted by Gasteiger charge is 2.34. The molecule has 0 amide bonds. The van der Waals surface area contributed by atoms with E-state index in [2.05, 4.69) is 15.3 Å². The van der Waals surface area contributed by atoms with Crippen molar-refractivity contribution >= 4 is 17.5 Å². The summed E-state index contributed by atoms with van der Waals surface area (Å²) in [5.41, 5.74) is -0.194. The minimum absolute atomic E-state index is 0.0609. The molecule has 112 valence electrons. The van der Waals surface area contributed by atoms with E-state index in [4.69, 9.17) is 0 Å². The number of alkyl halides is 3. The summed E-state index contributed by atoms with van der Waals surface area (Å²) in [6.07, 6.45) is -4.51. The molecule has 2 aromatic rings. The zero-order valence-electron chi connectivity index (χ0n) is 11.6. The highest BCUT2D eigenvalue weighted by molar-refractivity contribution is 5.61. The van der Waals surface area contributed by atoms with Crippen LogP contribution in [0.5, 0.6) is 0 Å². The molecule has 2 rings (SSSR count). The fourth-order valence-electron chi connectivity index (χ4n) is 1.91. The second kappa shape index (κ2) is 5.99. The first-order chi connectivity index (χ1) is 9.95. The molecule has 1 heterocycles. The van der Waals surface area contributed by atoms with Crippen LogP contribution < -0.4 is 10.2 Å². The van der Waals surface area contributed by atoms with Crippen molar-refractivity contribution in [1.82, 2.24) is 9.97 Å². The Hall–Kier alpha value is -2.31. The van der Waals surface area contributed by atoms with Crippen molar-refractivity contribution in [2.24, 2.45) is 0 Å². The third-order valence-corrected chi connectivity index (χ3v) is 2.89. The predicted octanol–water partition coefficient (Wildman–Crippen LogP) is 3.70. The van der Waals surface area contributed by atoms with Crippen molar-refractivity contribution in [3.05, 3.63) is 42.1 Å². The van der Waals surface area contributed by atoms with Crippen molar-refractivity contribution in [3.8, 4) is 0 Å². The molecule has 0 radical (unpaired) electrons. The SMILES string of the molecule is CCN(c1ccccc1)c1cc(C(F)(F)F)nc(NC)n1. The van der Waals surface area contributed by atoms with Gasteiger partial charge < -0.3 is 10.2 Å². The van der Waals surface area contributed by atoms with E-state index in [9.17, 15) is 13.2 Å². The van der Waals surface area contributed by atoms with Gasteiger partial charge in [0.05, 0.1) is 0 Å². The molecule has 0 aliphatic carbocycles. The maximum atomic E-state index is 12.9. The number of aromatic nitrogens is 2. The number of hydrogen-bond acceptors (Lipinski definition) is 4. The largest absolute Gasteiger partial charge is 0.433 e. The summed E-state index contributed by atoms with van der Waals surface area (Å²) in [6, 6.07) is 10.1. The number of hydrogen-bond donors (Lipinski definition) is 1. The van der Waals surface area contributed by atoms with Crippen LogP contribution >= 0.6 is 0 Å². The summed E-state index contributed by atoms with van der Waals surface area (Å²) < 4.78 is 38.8. The quantitative estimate of drug-likeness (QED) is 0.934. The lowest BCUT2D eigenvalue weighted by Crippen LogP contribution is -2.20. The van der Waals surface area contributed by atoms with E-state index >= 15 is 0 Å². The molecule has 0 saturated heterocycles. The van der Waals surface area contributed by atoms with Crippen molar-refractivity contribution in [2.45, 2.75) is 13.1 Å². The minimum Gasteiger partial charge on any atom is -0.357 e. The highest BCUT2D eigenvalue weighted by Crippen LogP contribution is 2.32. The molecule has 0 aliphatic rings. The van der Waals surface area contributed by atoms with Crippen LogP contribution in [0.25, 0.3) is 0 Å². The average molecular weight is 296 g/mol. The molecule has 0 atom stereocenters. The summed E-state index contributed by atoms with van der Waals surface area (Å²) >= 11 is 0. The molecule has 0 saturated carbocycles. The van der Waals surface area contributed by atoms with Gasteiger partial charge in [-0.15, -0.1) is 0 Å². The van der Waals surface area contributed by atoms with Gasteiger partial charge >= 0.3 is 6.18 Å². The number of anilines is 3. The second-order valence-corrected chi connectivity index (χ2v) is 4.26. The van der Waals surface area contributed by atoms with Crippen LogP contribution in [-0.2, 0) is 6.18 Å². The number of para-hydroxylation sites is 1. The lowest BCUT2D eigenvalue weighted by atomic mass is 10.2. The first-order valence-corrected chi connectivity index (χ1v) is 6.42. The first-order valence-electron chi connectivity index (χ1n) is 6.42. The molecule has 0 spiro atoms. The Bertz CT molecular complexity index is 599. The van der Waals surface area contributed by atoms with Gasteiger partial charge in [-0.05, 0) is 19.1 Å². The fourth-order valence-corrected chi connectivity index (χ4v) is 1.91. The summed E-state index contributed by atoms with van der Waals surface area (Å²) in [4.78, 5) is 9.27. The zero-order chi connectivity index (χ0) is 15.5. The van der Waals surface area contributed by atoms with Gasteiger partial charge in [0.15, 0.2) is 5.69 Å². The van der Waals surface area contributed by atoms with Crippen LogP contribution in [-0.4, -0.2) is 23.6 Å². The maximum absolute atomic E-state index is 12.9. The Morgan fingerprint density at radius 2 is 1.81 bits per heavy atom. The van der Waals surface area contributed by atoms with E-state index in [0.29, 0.717) is 6.54 Å². The van der Waals surface area contributed by atoms with Crippen LogP contribution in [0, 0.1) is 0 Å². The summed E-state index contributed by atoms with van der Waals surface area (Å²) in [5, 5.41) is 2.56. The van der Waals surface area contributed by atoms with Gasteiger partial charge in [-0.25, -0.2) is 4.98 Å². The normalized spacial score (nSPS) is 11.3. The maximum Gasteiger partial charge on any atom is 0.433 e. The van der Waals surface area contributed by atoms with Crippen LogP contribution in [0.1, 0.15) is 12.6 Å². The smallest absolute Gasteiger partial charge is 0.357 e. The molecule has 7 heteroatoms. The van der Waals surface area contributed by atoms with E-state index in [-0.39, 0.29) is 11.8 Å². The van der Waals surface area contributed by atoms with Crippen LogP contribution in [0.2, 0.25) is 0 Å². The molecule has 0 unspecified atom stereocenters. The molecule has 1 N–H and O–H groups in total. The Morgan fingerprint density at radius 1 is 1.14 bits per heavy atom. The number of halogens is 3. The first kappa shape index (κ1) is 15.1. The third-order valence-electron chi connectivity index (χ3n) is 2.89. The molecular formula is C14H15F3N4. The van der Waals surface area contributed by atoms with Crippen molar-refractivity contribution in [1.29, 1.82) is 0 Å². The molecule has 0 bridgehead atoms. The van der Waals surface area contributed by atoms with Crippen LogP contribution in [0.3, 0.4) is 0 Å². The summed E-state index contributed by atoms with van der Waals surface area (Å²) in [6.45, 7) is 2.34. The molecule has 4 nitrogen and oxygen atoms in total. The number of rotatable bonds is 4. The van der Waals surface area contributed by atoms with E-state index in [1.54, 1.807) is 4.90 Å². The topological polar surface area (TPSA) is 41.1 Å². The molecule has 0 aliphatic heterocycles. The Labute approximate surface area is 120 Å². The second-order valence-electron chi connectivity index (χ2n) is 4.26. The predicted molar refractivity (Wildman–Crippen MR) is 75.7 cm³/mol. The standard InChI is InChI=1S/C14H15F3N4/c1-3-21(10-7-5-4-6-8-10)12-9-11(14(15,16)17)19-13(18-2)20-12/h4-9H,3H2,1-2H3,(H,18,19,20). The molecule has 1 aromatic heterocycles. The lowest BCUT2D eigenvalue weighted by Gasteiger charge is -2.23. The zero-order valence-corrected chi connectivity index (χ0v) is 11.6. The number of benzene rings is 1. The monoisotopic (exact) mass is 296 g/mol. The van der Waals surface area contributed by atoms with Gasteiger partial charge in [0.25, 0.3) is 0 Å². The van der Waals surface area contributed by atoms with Gasteiger partial charge in [-0.3, -0.25) is 0 Å². The number of nitrogens with zero attached hydrogens (tertiary/aromatic N) is 3. The Morgan fingerprint density at radius 3 is 2.33 bits per heavy atom. The number of nitrogens with one attached hydrogen (secondary N) is 1. The van der Waals surface area contributed by atoms with E-state index < -0.39 is 11.9 Å².